The van der Waals surface area contributed by atoms with Gasteiger partial charge in [0.1, 0.15) is 6.04 Å². The third-order valence-electron chi connectivity index (χ3n) is 3.78. The third-order valence-corrected chi connectivity index (χ3v) is 3.78. The van der Waals surface area contributed by atoms with Gasteiger partial charge in [-0.05, 0) is 45.1 Å². The summed E-state index contributed by atoms with van der Waals surface area (Å²) >= 11 is 0. The van der Waals surface area contributed by atoms with Gasteiger partial charge in [0.25, 0.3) is 0 Å². The first-order valence-corrected chi connectivity index (χ1v) is 6.18. The van der Waals surface area contributed by atoms with E-state index in [0.717, 1.165) is 25.8 Å². The molecule has 1 saturated carbocycles. The fourth-order valence-corrected chi connectivity index (χ4v) is 2.74. The number of nitrogens with zero attached hydrogens (tertiary/aromatic N) is 1. The molecule has 0 amide bonds. The first-order valence-electron chi connectivity index (χ1n) is 6.18. The Morgan fingerprint density at radius 3 is 2.60 bits per heavy atom. The van der Waals surface area contributed by atoms with Crippen molar-refractivity contribution in [1.82, 2.24) is 4.90 Å². The zero-order chi connectivity index (χ0) is 10.8. The Kier molecular flexibility index (Phi) is 3.29. The van der Waals surface area contributed by atoms with Gasteiger partial charge in [-0.3, -0.25) is 9.69 Å². The maximum Gasteiger partial charge on any atom is 0.321 e. The quantitative estimate of drug-likeness (QED) is 0.777. The van der Waals surface area contributed by atoms with E-state index in [1.165, 1.54) is 19.3 Å². The zero-order valence-corrected chi connectivity index (χ0v) is 9.48. The second-order valence-corrected chi connectivity index (χ2v) is 5.06. The van der Waals surface area contributed by atoms with Crippen molar-refractivity contribution in [3.63, 3.8) is 0 Å². The van der Waals surface area contributed by atoms with E-state index in [2.05, 4.69) is 11.8 Å². The number of carbonyl (C=O) groups is 1. The molecular formula is C12H21NO2. The molecule has 1 heterocycles. The third kappa shape index (κ3) is 2.51. The molecule has 0 radical (unpaired) electrons. The van der Waals surface area contributed by atoms with Crippen molar-refractivity contribution in [2.45, 2.75) is 57.5 Å². The molecular weight excluding hydrogens is 190 g/mol. The van der Waals surface area contributed by atoms with Gasteiger partial charge in [-0.2, -0.15) is 0 Å². The van der Waals surface area contributed by atoms with Gasteiger partial charge in [-0.1, -0.05) is 12.8 Å². The van der Waals surface area contributed by atoms with Crippen LogP contribution in [0.25, 0.3) is 0 Å². The Labute approximate surface area is 91.5 Å². The fourth-order valence-electron chi connectivity index (χ4n) is 2.74. The standard InChI is InChI=1S/C12H21NO2/c1-9-5-3-2-4-8-13(9)11(12(14)15)10-6-7-10/h9-11H,2-8H2,1H3,(H,14,15). The number of hydrogen-bond acceptors (Lipinski definition) is 2. The summed E-state index contributed by atoms with van der Waals surface area (Å²) in [5.74, 6) is -0.172. The molecule has 2 aliphatic rings. The molecule has 1 saturated heterocycles. The minimum absolute atomic E-state index is 0.196. The van der Waals surface area contributed by atoms with E-state index in [1.807, 2.05) is 0 Å². The lowest BCUT2D eigenvalue weighted by atomic mass is 10.1. The molecule has 15 heavy (non-hydrogen) atoms. The highest BCUT2D eigenvalue weighted by Crippen LogP contribution is 2.37. The maximum atomic E-state index is 11.3. The van der Waals surface area contributed by atoms with Crippen molar-refractivity contribution in [2.24, 2.45) is 5.92 Å². The number of aliphatic carboxylic acids is 1. The summed E-state index contributed by atoms with van der Waals surface area (Å²) in [6, 6.07) is 0.257. The Balaban J connectivity index is 2.06. The number of carboxylic acids is 1. The van der Waals surface area contributed by atoms with Crippen LogP contribution in [0.1, 0.15) is 45.4 Å². The molecule has 1 aliphatic heterocycles. The molecule has 3 heteroatoms. The lowest BCUT2D eigenvalue weighted by Crippen LogP contribution is -2.47. The lowest BCUT2D eigenvalue weighted by molar-refractivity contribution is -0.145. The largest absolute Gasteiger partial charge is 0.480 e. The summed E-state index contributed by atoms with van der Waals surface area (Å²) < 4.78 is 0. The Hall–Kier alpha value is -0.570. The van der Waals surface area contributed by atoms with Gasteiger partial charge in [0.05, 0.1) is 0 Å². The van der Waals surface area contributed by atoms with Gasteiger partial charge < -0.3 is 5.11 Å². The Morgan fingerprint density at radius 1 is 1.27 bits per heavy atom. The monoisotopic (exact) mass is 211 g/mol. The van der Waals surface area contributed by atoms with E-state index in [1.54, 1.807) is 0 Å². The van der Waals surface area contributed by atoms with Crippen molar-refractivity contribution < 1.29 is 9.90 Å². The van der Waals surface area contributed by atoms with Crippen LogP contribution in [0, 0.1) is 5.92 Å². The van der Waals surface area contributed by atoms with Gasteiger partial charge in [0.2, 0.25) is 0 Å². The predicted molar refractivity (Wildman–Crippen MR) is 58.8 cm³/mol. The fraction of sp³-hybridized carbons (Fsp3) is 0.917. The van der Waals surface area contributed by atoms with Crippen LogP contribution in [0.2, 0.25) is 0 Å². The van der Waals surface area contributed by atoms with Crippen LogP contribution in [0.15, 0.2) is 0 Å². The van der Waals surface area contributed by atoms with E-state index < -0.39 is 5.97 Å². The highest BCUT2D eigenvalue weighted by atomic mass is 16.4. The molecule has 1 aliphatic carbocycles. The molecule has 0 aromatic carbocycles. The van der Waals surface area contributed by atoms with Gasteiger partial charge in [-0.25, -0.2) is 0 Å². The van der Waals surface area contributed by atoms with E-state index >= 15 is 0 Å². The molecule has 0 bridgehead atoms. The van der Waals surface area contributed by atoms with Crippen molar-refractivity contribution in [1.29, 1.82) is 0 Å². The van der Waals surface area contributed by atoms with Crippen LogP contribution in [0.5, 0.6) is 0 Å². The van der Waals surface area contributed by atoms with Gasteiger partial charge in [-0.15, -0.1) is 0 Å². The normalized spacial score (nSPS) is 30.9. The number of hydrogen-bond donors (Lipinski definition) is 1. The molecule has 86 valence electrons. The SMILES string of the molecule is CC1CCCCCN1C(C(=O)O)C1CC1. The smallest absolute Gasteiger partial charge is 0.321 e. The summed E-state index contributed by atoms with van der Waals surface area (Å²) in [6.45, 7) is 3.16. The molecule has 3 nitrogen and oxygen atoms in total. The van der Waals surface area contributed by atoms with E-state index in [0.29, 0.717) is 12.0 Å². The van der Waals surface area contributed by atoms with Crippen molar-refractivity contribution in [2.75, 3.05) is 6.54 Å². The molecule has 2 fully saturated rings. The summed E-state index contributed by atoms with van der Waals surface area (Å²) in [6.07, 6.45) is 7.07. The second kappa shape index (κ2) is 4.52. The van der Waals surface area contributed by atoms with Crippen LogP contribution < -0.4 is 0 Å². The molecule has 0 spiro atoms. The minimum Gasteiger partial charge on any atom is -0.480 e. The topological polar surface area (TPSA) is 40.5 Å². The van der Waals surface area contributed by atoms with E-state index in [4.69, 9.17) is 0 Å². The first-order chi connectivity index (χ1) is 7.20. The van der Waals surface area contributed by atoms with Crippen molar-refractivity contribution in [3.8, 4) is 0 Å². The highest BCUT2D eigenvalue weighted by Gasteiger charge is 2.41. The van der Waals surface area contributed by atoms with Crippen LogP contribution in [0.4, 0.5) is 0 Å². The summed E-state index contributed by atoms with van der Waals surface area (Å²) in [4.78, 5) is 13.5. The average Bonchev–Trinajstić information content (AvgIpc) is 2.97. The average molecular weight is 211 g/mol. The van der Waals surface area contributed by atoms with Crippen molar-refractivity contribution >= 4 is 5.97 Å². The van der Waals surface area contributed by atoms with E-state index in [-0.39, 0.29) is 6.04 Å². The maximum absolute atomic E-state index is 11.3. The number of carboxylic acid groups (broad SMARTS) is 1. The Bertz CT molecular complexity index is 238. The van der Waals surface area contributed by atoms with Crippen LogP contribution in [-0.4, -0.2) is 34.6 Å². The number of rotatable bonds is 3. The summed E-state index contributed by atoms with van der Waals surface area (Å²) in [7, 11) is 0. The van der Waals surface area contributed by atoms with Crippen molar-refractivity contribution in [3.05, 3.63) is 0 Å². The second-order valence-electron chi connectivity index (χ2n) is 5.06. The van der Waals surface area contributed by atoms with E-state index in [9.17, 15) is 9.90 Å². The molecule has 2 atom stereocenters. The van der Waals surface area contributed by atoms with Gasteiger partial charge >= 0.3 is 5.97 Å². The Morgan fingerprint density at radius 2 is 2.00 bits per heavy atom. The van der Waals surface area contributed by atoms with Crippen LogP contribution in [0.3, 0.4) is 0 Å². The molecule has 0 aromatic heterocycles. The highest BCUT2D eigenvalue weighted by molar-refractivity contribution is 5.74. The van der Waals surface area contributed by atoms with Gasteiger partial charge in [0.15, 0.2) is 0 Å². The molecule has 2 rings (SSSR count). The molecule has 1 N–H and O–H groups in total. The van der Waals surface area contributed by atoms with Crippen LogP contribution in [-0.2, 0) is 4.79 Å². The number of likely N-dealkylation sites (tertiary alicyclic amines) is 1. The lowest BCUT2D eigenvalue weighted by Gasteiger charge is -2.32. The minimum atomic E-state index is -0.605. The molecule has 2 unspecified atom stereocenters. The summed E-state index contributed by atoms with van der Waals surface area (Å²) in [5, 5.41) is 9.30. The van der Waals surface area contributed by atoms with Gasteiger partial charge in [0, 0.05) is 6.04 Å². The summed E-state index contributed by atoms with van der Waals surface area (Å²) in [5.41, 5.74) is 0. The first kappa shape index (κ1) is 10.9. The predicted octanol–water partition coefficient (Wildman–Crippen LogP) is 2.11. The van der Waals surface area contributed by atoms with Crippen LogP contribution >= 0.6 is 0 Å². The zero-order valence-electron chi connectivity index (χ0n) is 9.48. The molecule has 0 aromatic rings.